The molecule has 0 aliphatic heterocycles. The van der Waals surface area contributed by atoms with Gasteiger partial charge in [0.15, 0.2) is 0 Å². The van der Waals surface area contributed by atoms with E-state index in [1.807, 2.05) is 62.4 Å². The third-order valence-electron chi connectivity index (χ3n) is 4.45. The van der Waals surface area contributed by atoms with Crippen molar-refractivity contribution in [1.82, 2.24) is 4.98 Å². The minimum atomic E-state index is -0.213. The van der Waals surface area contributed by atoms with Crippen molar-refractivity contribution in [2.45, 2.75) is 33.4 Å². The molecule has 29 heavy (non-hydrogen) atoms. The second-order valence-electron chi connectivity index (χ2n) is 7.05. The largest absolute Gasteiger partial charge is 0.489 e. The number of benzene rings is 2. The van der Waals surface area contributed by atoms with Gasteiger partial charge in [-0.2, -0.15) is 0 Å². The number of hydrogen-bond acceptors (Lipinski definition) is 4. The van der Waals surface area contributed by atoms with Crippen LogP contribution in [0.3, 0.4) is 0 Å². The van der Waals surface area contributed by atoms with Gasteiger partial charge >= 0.3 is 0 Å². The molecule has 0 atom stereocenters. The number of nitrogens with zero attached hydrogens (tertiary/aromatic N) is 2. The van der Waals surface area contributed by atoms with E-state index < -0.39 is 0 Å². The highest BCUT2D eigenvalue weighted by Crippen LogP contribution is 2.26. The summed E-state index contributed by atoms with van der Waals surface area (Å²) in [5, 5.41) is 2.94. The van der Waals surface area contributed by atoms with Crippen LogP contribution in [0.25, 0.3) is 0 Å². The summed E-state index contributed by atoms with van der Waals surface area (Å²) in [6.45, 7) is 7.58. The van der Waals surface area contributed by atoms with Gasteiger partial charge in [-0.3, -0.25) is 9.78 Å². The van der Waals surface area contributed by atoms with Crippen LogP contribution < -0.4 is 15.0 Å². The van der Waals surface area contributed by atoms with Crippen molar-refractivity contribution >= 4 is 17.3 Å². The normalized spacial score (nSPS) is 10.6. The lowest BCUT2D eigenvalue weighted by Crippen LogP contribution is -2.23. The first-order chi connectivity index (χ1) is 14.1. The van der Waals surface area contributed by atoms with Crippen LogP contribution in [0.4, 0.5) is 11.4 Å². The van der Waals surface area contributed by atoms with Crippen molar-refractivity contribution in [2.75, 3.05) is 16.8 Å². The number of carbonyl (C=O) groups is 1. The second-order valence-corrected chi connectivity index (χ2v) is 7.05. The Morgan fingerprint density at radius 1 is 1.07 bits per heavy atom. The van der Waals surface area contributed by atoms with Gasteiger partial charge in [0.1, 0.15) is 5.75 Å². The predicted molar refractivity (Wildman–Crippen MR) is 118 cm³/mol. The van der Waals surface area contributed by atoms with E-state index in [-0.39, 0.29) is 12.0 Å². The van der Waals surface area contributed by atoms with Crippen LogP contribution in [0.15, 0.2) is 73.1 Å². The Bertz CT molecular complexity index is 942. The molecule has 5 nitrogen and oxygen atoms in total. The van der Waals surface area contributed by atoms with Gasteiger partial charge in [0, 0.05) is 19.3 Å². The molecule has 0 bridgehead atoms. The Balaban J connectivity index is 1.77. The number of amides is 1. The Morgan fingerprint density at radius 3 is 2.52 bits per heavy atom. The molecule has 1 N–H and O–H groups in total. The fraction of sp³-hybridized carbons (Fsp3) is 0.250. The van der Waals surface area contributed by atoms with Gasteiger partial charge < -0.3 is 15.0 Å². The molecule has 0 fully saturated rings. The molecule has 0 spiro atoms. The van der Waals surface area contributed by atoms with E-state index in [1.165, 1.54) is 5.56 Å². The van der Waals surface area contributed by atoms with Crippen LogP contribution in [0, 0.1) is 0 Å². The monoisotopic (exact) mass is 389 g/mol. The Kier molecular flexibility index (Phi) is 6.85. The van der Waals surface area contributed by atoms with E-state index in [0.29, 0.717) is 17.0 Å². The zero-order chi connectivity index (χ0) is 20.6. The number of para-hydroxylation sites is 2. The maximum atomic E-state index is 12.8. The number of pyridine rings is 1. The summed E-state index contributed by atoms with van der Waals surface area (Å²) in [7, 11) is 0. The lowest BCUT2D eigenvalue weighted by Gasteiger charge is -2.23. The molecule has 0 aliphatic rings. The minimum Gasteiger partial charge on any atom is -0.489 e. The van der Waals surface area contributed by atoms with E-state index >= 15 is 0 Å². The minimum absolute atomic E-state index is 0.0224. The molecule has 0 unspecified atom stereocenters. The number of rotatable bonds is 8. The number of nitrogens with one attached hydrogen (secondary N) is 1. The Morgan fingerprint density at radius 2 is 1.79 bits per heavy atom. The summed E-state index contributed by atoms with van der Waals surface area (Å²) < 4.78 is 5.79. The van der Waals surface area contributed by atoms with Crippen molar-refractivity contribution in [1.29, 1.82) is 0 Å². The summed E-state index contributed by atoms with van der Waals surface area (Å²) in [6.07, 6.45) is 3.40. The quantitative estimate of drug-likeness (QED) is 0.579. The number of aromatic nitrogens is 1. The van der Waals surface area contributed by atoms with Crippen LogP contribution in [-0.2, 0) is 6.54 Å². The summed E-state index contributed by atoms with van der Waals surface area (Å²) in [5.74, 6) is 0.439. The van der Waals surface area contributed by atoms with Gasteiger partial charge in [-0.1, -0.05) is 42.5 Å². The van der Waals surface area contributed by atoms with Crippen molar-refractivity contribution in [3.05, 3.63) is 84.2 Å². The van der Waals surface area contributed by atoms with Crippen molar-refractivity contribution in [3.63, 3.8) is 0 Å². The van der Waals surface area contributed by atoms with Crippen LogP contribution in [-0.4, -0.2) is 23.5 Å². The molecule has 0 saturated carbocycles. The highest BCUT2D eigenvalue weighted by molar-refractivity contribution is 6.05. The first kappa shape index (κ1) is 20.4. The highest BCUT2D eigenvalue weighted by atomic mass is 16.5. The zero-order valence-electron chi connectivity index (χ0n) is 17.1. The van der Waals surface area contributed by atoms with E-state index in [1.54, 1.807) is 12.4 Å². The number of carbonyl (C=O) groups excluding carboxylic acids is 1. The van der Waals surface area contributed by atoms with Gasteiger partial charge in [0.2, 0.25) is 0 Å². The zero-order valence-corrected chi connectivity index (χ0v) is 17.1. The molecular formula is C24H27N3O2. The van der Waals surface area contributed by atoms with Crippen LogP contribution >= 0.6 is 0 Å². The summed E-state index contributed by atoms with van der Waals surface area (Å²) >= 11 is 0. The van der Waals surface area contributed by atoms with E-state index in [0.717, 1.165) is 18.8 Å². The molecule has 0 radical (unpaired) electrons. The summed E-state index contributed by atoms with van der Waals surface area (Å²) in [4.78, 5) is 19.3. The van der Waals surface area contributed by atoms with Crippen molar-refractivity contribution in [3.8, 4) is 5.75 Å². The first-order valence-corrected chi connectivity index (χ1v) is 9.87. The van der Waals surface area contributed by atoms with Gasteiger partial charge in [-0.15, -0.1) is 0 Å². The number of hydrogen-bond donors (Lipinski definition) is 1. The molecule has 150 valence electrons. The number of ether oxygens (including phenoxy) is 1. The molecule has 1 heterocycles. The maximum absolute atomic E-state index is 12.8. The average Bonchev–Trinajstić information content (AvgIpc) is 2.74. The summed E-state index contributed by atoms with van der Waals surface area (Å²) in [5.41, 5.74) is 3.28. The third kappa shape index (κ3) is 5.57. The van der Waals surface area contributed by atoms with Gasteiger partial charge in [-0.25, -0.2) is 0 Å². The first-order valence-electron chi connectivity index (χ1n) is 9.87. The van der Waals surface area contributed by atoms with Crippen molar-refractivity contribution in [2.24, 2.45) is 0 Å². The molecule has 1 amide bonds. The predicted octanol–water partition coefficient (Wildman–Crippen LogP) is 5.15. The fourth-order valence-electron chi connectivity index (χ4n) is 3.04. The van der Waals surface area contributed by atoms with Crippen LogP contribution in [0.2, 0.25) is 0 Å². The smallest absolute Gasteiger partial charge is 0.257 e. The Labute approximate surface area is 172 Å². The average molecular weight is 389 g/mol. The third-order valence-corrected chi connectivity index (χ3v) is 4.45. The SMILES string of the molecule is CCN(Cc1ccccc1)c1cncc(C(=O)Nc2ccccc2OC(C)C)c1. The van der Waals surface area contributed by atoms with Gasteiger partial charge in [0.25, 0.3) is 5.91 Å². The molecule has 1 aromatic heterocycles. The molecule has 0 saturated heterocycles. The second kappa shape index (κ2) is 9.73. The van der Waals surface area contributed by atoms with Crippen molar-refractivity contribution < 1.29 is 9.53 Å². The fourth-order valence-corrected chi connectivity index (χ4v) is 3.04. The maximum Gasteiger partial charge on any atom is 0.257 e. The van der Waals surface area contributed by atoms with Gasteiger partial charge in [0.05, 0.1) is 29.2 Å². The molecule has 0 aliphatic carbocycles. The van der Waals surface area contributed by atoms with Crippen LogP contribution in [0.1, 0.15) is 36.7 Å². The van der Waals surface area contributed by atoms with E-state index in [2.05, 4.69) is 34.3 Å². The molecular weight excluding hydrogens is 362 g/mol. The topological polar surface area (TPSA) is 54.5 Å². The lowest BCUT2D eigenvalue weighted by molar-refractivity contribution is 0.102. The Hall–Kier alpha value is -3.34. The molecule has 2 aromatic carbocycles. The highest BCUT2D eigenvalue weighted by Gasteiger charge is 2.13. The molecule has 3 rings (SSSR count). The molecule has 5 heteroatoms. The van der Waals surface area contributed by atoms with E-state index in [4.69, 9.17) is 4.74 Å². The number of anilines is 2. The standard InChI is InChI=1S/C24H27N3O2/c1-4-27(17-19-10-6-5-7-11-19)21-14-20(15-25-16-21)24(28)26-22-12-8-9-13-23(22)29-18(2)3/h5-16,18H,4,17H2,1-3H3,(H,26,28). The molecule has 3 aromatic rings. The summed E-state index contributed by atoms with van der Waals surface area (Å²) in [6, 6.07) is 19.6. The van der Waals surface area contributed by atoms with Crippen LogP contribution in [0.5, 0.6) is 5.75 Å². The van der Waals surface area contributed by atoms with E-state index in [9.17, 15) is 4.79 Å². The van der Waals surface area contributed by atoms with Gasteiger partial charge in [-0.05, 0) is 44.5 Å². The lowest BCUT2D eigenvalue weighted by atomic mass is 10.2.